The minimum Gasteiger partial charge on any atom is -0.493 e. The molecule has 1 spiro atoms. The van der Waals surface area contributed by atoms with Gasteiger partial charge < -0.3 is 48.1 Å². The summed E-state index contributed by atoms with van der Waals surface area (Å²) in [6.07, 6.45) is 13.9. The summed E-state index contributed by atoms with van der Waals surface area (Å²) in [7, 11) is 4.51. The van der Waals surface area contributed by atoms with Crippen molar-refractivity contribution in [3.8, 4) is 17.2 Å². The minimum absolute atomic E-state index is 0.0299. The lowest BCUT2D eigenvalue weighted by atomic mass is 9.70. The predicted molar refractivity (Wildman–Crippen MR) is 217 cm³/mol. The van der Waals surface area contributed by atoms with E-state index < -0.39 is 53.7 Å². The highest BCUT2D eigenvalue weighted by atomic mass is 16.7. The molecule has 58 heavy (non-hydrogen) atoms. The summed E-state index contributed by atoms with van der Waals surface area (Å²) < 4.78 is 48.4. The molecule has 1 aromatic carbocycles. The molecule has 2 fully saturated rings. The molecule has 2 saturated heterocycles. The largest absolute Gasteiger partial charge is 0.493 e. The Kier molecular flexibility index (Phi) is 13.4. The van der Waals surface area contributed by atoms with Crippen LogP contribution in [0, 0.1) is 23.7 Å². The van der Waals surface area contributed by atoms with Crippen LogP contribution in [-0.2, 0) is 33.3 Å². The molecule has 4 aliphatic heterocycles. The first kappa shape index (κ1) is 43.4. The molecule has 0 saturated carbocycles. The summed E-state index contributed by atoms with van der Waals surface area (Å²) >= 11 is 0. The Balaban J connectivity index is 1.33. The number of hydrogen-bond donors (Lipinski definition) is 2. The molecule has 0 amide bonds. The molecule has 0 aromatic heterocycles. The van der Waals surface area contributed by atoms with Crippen LogP contribution in [0.25, 0.3) is 6.08 Å². The number of benzene rings is 1. The van der Waals surface area contributed by atoms with E-state index in [1.807, 2.05) is 32.1 Å². The van der Waals surface area contributed by atoms with Gasteiger partial charge in [0.2, 0.25) is 5.75 Å². The van der Waals surface area contributed by atoms with Crippen LogP contribution in [0.1, 0.15) is 72.8 Å². The van der Waals surface area contributed by atoms with Crippen molar-refractivity contribution in [1.29, 1.82) is 0 Å². The van der Waals surface area contributed by atoms with Crippen molar-refractivity contribution in [3.63, 3.8) is 0 Å². The van der Waals surface area contributed by atoms with Crippen molar-refractivity contribution >= 4 is 18.0 Å². The van der Waals surface area contributed by atoms with Crippen molar-refractivity contribution in [2.24, 2.45) is 23.7 Å². The van der Waals surface area contributed by atoms with Crippen LogP contribution in [0.5, 0.6) is 17.2 Å². The number of hydrogen-bond acceptors (Lipinski definition) is 12. The zero-order valence-electron chi connectivity index (χ0n) is 35.1. The standard InChI is InChI=1S/C46H60O12/c1-10-26(2)40-29(5)18-19-45(58-40)24-34-23-33(57-45)16-14-28(4)39(48)27(3)12-11-13-32-25-54-43-41(30(6)20-35(44(49)55-34)46(32,43)50)56-38(47)17-15-31-21-36(51-7)42(53-9)37(22-31)52-8/h11-15,17-22,26-27,29,33-35,39-41,43,48,50H,10,16,23-25H2,1-9H3/b12-11+,17-15+,28-14+,32-13+/t26-,27-,29-,33?,34?,35?,39-,40?,41+,43?,45+,46+/m0/s1. The number of aliphatic hydroxyl groups is 2. The van der Waals surface area contributed by atoms with Crippen LogP contribution < -0.4 is 14.2 Å². The molecule has 1 aromatic rings. The Morgan fingerprint density at radius 2 is 1.74 bits per heavy atom. The van der Waals surface area contributed by atoms with Gasteiger partial charge in [0.25, 0.3) is 0 Å². The topological polar surface area (TPSA) is 148 Å². The Morgan fingerprint density at radius 1 is 1.02 bits per heavy atom. The van der Waals surface area contributed by atoms with Crippen molar-refractivity contribution < 1.29 is 57.7 Å². The van der Waals surface area contributed by atoms with Gasteiger partial charge in [-0.3, -0.25) is 4.79 Å². The Morgan fingerprint density at radius 3 is 2.41 bits per heavy atom. The molecule has 0 radical (unpaired) electrons. The van der Waals surface area contributed by atoms with Crippen molar-refractivity contribution in [2.75, 3.05) is 27.9 Å². The monoisotopic (exact) mass is 804 g/mol. The number of carbonyl (C=O) groups excluding carboxylic acids is 2. The highest BCUT2D eigenvalue weighted by Gasteiger charge is 2.61. The van der Waals surface area contributed by atoms with Crippen molar-refractivity contribution in [3.05, 3.63) is 83.0 Å². The molecule has 2 N–H and O–H groups in total. The number of rotatable bonds is 8. The maximum atomic E-state index is 14.5. The van der Waals surface area contributed by atoms with Gasteiger partial charge in [-0.25, -0.2) is 4.79 Å². The van der Waals surface area contributed by atoms with E-state index in [0.29, 0.717) is 46.8 Å². The van der Waals surface area contributed by atoms with Crippen LogP contribution in [0.2, 0.25) is 0 Å². The van der Waals surface area contributed by atoms with E-state index in [-0.39, 0.29) is 43.0 Å². The van der Waals surface area contributed by atoms with Gasteiger partial charge in [-0.15, -0.1) is 0 Å². The normalized spacial score (nSPS) is 38.0. The molecular formula is C46H60O12. The third kappa shape index (κ3) is 8.72. The van der Waals surface area contributed by atoms with E-state index in [9.17, 15) is 19.8 Å². The molecule has 1 aliphatic carbocycles. The molecule has 2 bridgehead atoms. The number of ether oxygens (including phenoxy) is 8. The minimum atomic E-state index is -1.93. The smallest absolute Gasteiger partial charge is 0.331 e. The van der Waals surface area contributed by atoms with Gasteiger partial charge in [0, 0.05) is 30.8 Å². The second-order valence-corrected chi connectivity index (χ2v) is 16.4. The fourth-order valence-corrected chi connectivity index (χ4v) is 8.82. The highest BCUT2D eigenvalue weighted by molar-refractivity contribution is 5.88. The lowest BCUT2D eigenvalue weighted by Crippen LogP contribution is -2.59. The summed E-state index contributed by atoms with van der Waals surface area (Å²) in [5, 5.41) is 24.1. The van der Waals surface area contributed by atoms with E-state index in [1.165, 1.54) is 27.4 Å². The molecular weight excluding hydrogens is 744 g/mol. The van der Waals surface area contributed by atoms with E-state index in [1.54, 1.807) is 43.4 Å². The van der Waals surface area contributed by atoms with Crippen molar-refractivity contribution in [1.82, 2.24) is 0 Å². The van der Waals surface area contributed by atoms with Crippen LogP contribution in [0.3, 0.4) is 0 Å². The Hall–Kier alpha value is -4.20. The molecule has 12 nitrogen and oxygen atoms in total. The van der Waals surface area contributed by atoms with Crippen LogP contribution in [-0.4, -0.2) is 98.1 Å². The summed E-state index contributed by atoms with van der Waals surface area (Å²) in [6, 6.07) is 3.39. The average Bonchev–Trinajstić information content (AvgIpc) is 3.55. The van der Waals surface area contributed by atoms with E-state index in [2.05, 4.69) is 26.8 Å². The lowest BCUT2D eigenvalue weighted by Gasteiger charge is -2.48. The van der Waals surface area contributed by atoms with Crippen LogP contribution >= 0.6 is 0 Å². The Labute approximate surface area is 342 Å². The van der Waals surface area contributed by atoms with Gasteiger partial charge in [0.1, 0.15) is 23.7 Å². The molecule has 12 heteroatoms. The summed E-state index contributed by atoms with van der Waals surface area (Å²) in [6.45, 7) is 12.0. The van der Waals surface area contributed by atoms with Gasteiger partial charge in [-0.05, 0) is 72.8 Å². The van der Waals surface area contributed by atoms with Crippen LogP contribution in [0.4, 0.5) is 0 Å². The molecule has 5 unspecified atom stereocenters. The lowest BCUT2D eigenvalue weighted by molar-refractivity contribution is -0.300. The third-order valence-electron chi connectivity index (χ3n) is 12.4. The number of aliphatic hydroxyl groups excluding tert-OH is 1. The van der Waals surface area contributed by atoms with Gasteiger partial charge in [0.15, 0.2) is 23.4 Å². The first-order valence-corrected chi connectivity index (χ1v) is 20.4. The molecule has 6 rings (SSSR count). The number of fused-ring (bicyclic) bond motifs is 2. The van der Waals surface area contributed by atoms with Gasteiger partial charge in [-0.2, -0.15) is 0 Å². The number of esters is 2. The molecule has 5 aliphatic rings. The second kappa shape index (κ2) is 18.0. The molecule has 4 heterocycles. The second-order valence-electron chi connectivity index (χ2n) is 16.4. The zero-order chi connectivity index (χ0) is 41.9. The fraction of sp³-hybridized carbons (Fsp3) is 0.565. The Bertz CT molecular complexity index is 1850. The summed E-state index contributed by atoms with van der Waals surface area (Å²) in [4.78, 5) is 28.0. The van der Waals surface area contributed by atoms with E-state index in [0.717, 1.165) is 12.0 Å². The molecule has 316 valence electrons. The van der Waals surface area contributed by atoms with Gasteiger partial charge in [0.05, 0.1) is 46.2 Å². The first-order chi connectivity index (χ1) is 27.7. The number of carbonyl (C=O) groups is 2. The number of methoxy groups -OCH3 is 3. The number of allylic oxidation sites excluding steroid dienone is 2. The maximum Gasteiger partial charge on any atom is 0.331 e. The van der Waals surface area contributed by atoms with Gasteiger partial charge in [-0.1, -0.05) is 70.6 Å². The van der Waals surface area contributed by atoms with Gasteiger partial charge >= 0.3 is 11.9 Å². The SMILES string of the molecule is CC[C@H](C)C1O[C@]2(C=C[C@@H]1C)CC1CC(C/C=C(\C)[C@@H](O)[C@@H](C)/C=C/C=C3\COC4[C@H](OC(=O)/C=C/c5cc(OC)c(OC)c(OC)c5)C(C)=CC(C(=O)O1)[C@]34O)O2. The van der Waals surface area contributed by atoms with Crippen molar-refractivity contribution in [2.45, 2.75) is 115 Å². The highest BCUT2D eigenvalue weighted by Crippen LogP contribution is 2.48. The predicted octanol–water partition coefficient (Wildman–Crippen LogP) is 6.60. The molecule has 12 atom stereocenters. The summed E-state index contributed by atoms with van der Waals surface area (Å²) in [5.74, 6) is -2.22. The summed E-state index contributed by atoms with van der Waals surface area (Å²) in [5.41, 5.74) is 0.401. The average molecular weight is 805 g/mol. The van der Waals surface area contributed by atoms with E-state index >= 15 is 0 Å². The fourth-order valence-electron chi connectivity index (χ4n) is 8.82. The maximum absolute atomic E-state index is 14.5. The van der Waals surface area contributed by atoms with E-state index in [4.69, 9.17) is 37.9 Å². The zero-order valence-corrected chi connectivity index (χ0v) is 35.1. The third-order valence-corrected chi connectivity index (χ3v) is 12.4. The first-order valence-electron chi connectivity index (χ1n) is 20.4. The quantitative estimate of drug-likeness (QED) is 0.166. The van der Waals surface area contributed by atoms with Crippen LogP contribution in [0.15, 0.2) is 77.5 Å².